The molecule has 0 aliphatic carbocycles. The number of carbonyl (C=O) groups excluding carboxylic acids is 1. The molecule has 1 fully saturated rings. The van der Waals surface area contributed by atoms with Gasteiger partial charge in [-0.2, -0.15) is 0 Å². The standard InChI is InChI=1S/C14H16N4OS.2ClH/c15-10-4-6-18(8-10)13(19)7-11-9-20-14(17-11)12-3-1-2-5-16-12;;/h1-3,5,9-10H,4,6-8,15H2;2*1H/t10-;;/m1../s1. The second-order valence-electron chi connectivity index (χ2n) is 4.92. The van der Waals surface area contributed by atoms with Gasteiger partial charge in [-0.1, -0.05) is 6.07 Å². The van der Waals surface area contributed by atoms with Gasteiger partial charge in [-0.15, -0.1) is 36.2 Å². The van der Waals surface area contributed by atoms with Gasteiger partial charge >= 0.3 is 0 Å². The maximum Gasteiger partial charge on any atom is 0.228 e. The molecule has 5 nitrogen and oxygen atoms in total. The van der Waals surface area contributed by atoms with Crippen LogP contribution in [0.1, 0.15) is 12.1 Å². The minimum atomic E-state index is 0. The molecule has 3 heterocycles. The third kappa shape index (κ3) is 4.39. The molecule has 3 rings (SSSR count). The topological polar surface area (TPSA) is 72.1 Å². The van der Waals surface area contributed by atoms with E-state index in [0.29, 0.717) is 13.0 Å². The van der Waals surface area contributed by atoms with Crippen molar-refractivity contribution in [1.29, 1.82) is 0 Å². The minimum Gasteiger partial charge on any atom is -0.341 e. The summed E-state index contributed by atoms with van der Waals surface area (Å²) in [6, 6.07) is 5.85. The minimum absolute atomic E-state index is 0. The molecule has 0 saturated carbocycles. The molecule has 1 aliphatic heterocycles. The number of aromatic nitrogens is 2. The molecule has 22 heavy (non-hydrogen) atoms. The Balaban J connectivity index is 0.00000121. The van der Waals surface area contributed by atoms with Crippen LogP contribution in [0.3, 0.4) is 0 Å². The Morgan fingerprint density at radius 3 is 2.86 bits per heavy atom. The predicted molar refractivity (Wildman–Crippen MR) is 92.7 cm³/mol. The molecule has 8 heteroatoms. The van der Waals surface area contributed by atoms with Crippen molar-refractivity contribution >= 4 is 42.1 Å². The molecular formula is C14H18Cl2N4OS. The highest BCUT2D eigenvalue weighted by Crippen LogP contribution is 2.22. The van der Waals surface area contributed by atoms with Crippen molar-refractivity contribution in [1.82, 2.24) is 14.9 Å². The maximum atomic E-state index is 12.1. The molecule has 2 aromatic heterocycles. The van der Waals surface area contributed by atoms with Crippen LogP contribution in [0.15, 0.2) is 29.8 Å². The van der Waals surface area contributed by atoms with E-state index in [1.165, 1.54) is 11.3 Å². The molecule has 2 N–H and O–H groups in total. The molecule has 1 aliphatic rings. The maximum absolute atomic E-state index is 12.1. The van der Waals surface area contributed by atoms with E-state index in [-0.39, 0.29) is 36.8 Å². The van der Waals surface area contributed by atoms with Gasteiger partial charge in [0, 0.05) is 30.7 Å². The first-order valence-electron chi connectivity index (χ1n) is 6.61. The number of nitrogens with two attached hydrogens (primary N) is 1. The summed E-state index contributed by atoms with van der Waals surface area (Å²) < 4.78 is 0. The van der Waals surface area contributed by atoms with E-state index >= 15 is 0 Å². The average Bonchev–Trinajstić information content (AvgIpc) is 3.09. The Labute approximate surface area is 145 Å². The first-order valence-corrected chi connectivity index (χ1v) is 7.49. The van der Waals surface area contributed by atoms with Gasteiger partial charge in [-0.05, 0) is 18.6 Å². The fourth-order valence-corrected chi connectivity index (χ4v) is 3.07. The van der Waals surface area contributed by atoms with Crippen LogP contribution in [0, 0.1) is 0 Å². The van der Waals surface area contributed by atoms with E-state index in [1.807, 2.05) is 28.5 Å². The molecule has 0 bridgehead atoms. The van der Waals surface area contributed by atoms with Crippen LogP contribution in [-0.4, -0.2) is 39.9 Å². The zero-order valence-electron chi connectivity index (χ0n) is 11.8. The summed E-state index contributed by atoms with van der Waals surface area (Å²) in [7, 11) is 0. The van der Waals surface area contributed by atoms with Crippen LogP contribution in [0.5, 0.6) is 0 Å². The van der Waals surface area contributed by atoms with Gasteiger partial charge in [0.1, 0.15) is 5.01 Å². The summed E-state index contributed by atoms with van der Waals surface area (Å²) in [6.45, 7) is 1.42. The summed E-state index contributed by atoms with van der Waals surface area (Å²) >= 11 is 1.52. The summed E-state index contributed by atoms with van der Waals surface area (Å²) in [5.41, 5.74) is 7.47. The summed E-state index contributed by atoms with van der Waals surface area (Å²) in [6.07, 6.45) is 2.98. The smallest absolute Gasteiger partial charge is 0.228 e. The number of likely N-dealkylation sites (tertiary alicyclic amines) is 1. The van der Waals surface area contributed by atoms with E-state index in [4.69, 9.17) is 5.73 Å². The number of nitrogens with zero attached hydrogens (tertiary/aromatic N) is 3. The van der Waals surface area contributed by atoms with E-state index in [1.54, 1.807) is 6.20 Å². The fraction of sp³-hybridized carbons (Fsp3) is 0.357. The van der Waals surface area contributed by atoms with Crippen LogP contribution < -0.4 is 5.73 Å². The van der Waals surface area contributed by atoms with Crippen molar-refractivity contribution < 1.29 is 4.79 Å². The Bertz CT molecular complexity index is 608. The molecule has 0 aromatic carbocycles. The third-order valence-corrected chi connectivity index (χ3v) is 4.26. The van der Waals surface area contributed by atoms with Crippen LogP contribution in [0.2, 0.25) is 0 Å². The van der Waals surface area contributed by atoms with Crippen molar-refractivity contribution in [2.75, 3.05) is 13.1 Å². The molecule has 1 atom stereocenters. The first-order chi connectivity index (χ1) is 9.72. The summed E-state index contributed by atoms with van der Waals surface area (Å²) in [5.74, 6) is 0.107. The predicted octanol–water partition coefficient (Wildman–Crippen LogP) is 2.15. The Morgan fingerprint density at radius 1 is 1.41 bits per heavy atom. The molecule has 0 radical (unpaired) electrons. The first kappa shape index (κ1) is 18.8. The highest BCUT2D eigenvalue weighted by atomic mass is 35.5. The van der Waals surface area contributed by atoms with E-state index in [2.05, 4.69) is 9.97 Å². The van der Waals surface area contributed by atoms with Crippen molar-refractivity contribution in [2.24, 2.45) is 5.73 Å². The molecule has 0 unspecified atom stereocenters. The van der Waals surface area contributed by atoms with Gasteiger partial charge in [0.15, 0.2) is 0 Å². The molecule has 120 valence electrons. The third-order valence-electron chi connectivity index (χ3n) is 3.35. The van der Waals surface area contributed by atoms with Crippen molar-refractivity contribution in [3.8, 4) is 10.7 Å². The van der Waals surface area contributed by atoms with Crippen LogP contribution in [0.25, 0.3) is 10.7 Å². The Kier molecular flexibility index (Phi) is 7.22. The highest BCUT2D eigenvalue weighted by Gasteiger charge is 2.24. The number of amides is 1. The van der Waals surface area contributed by atoms with Crippen molar-refractivity contribution in [3.63, 3.8) is 0 Å². The summed E-state index contributed by atoms with van der Waals surface area (Å²) in [5, 5.41) is 2.78. The second-order valence-corrected chi connectivity index (χ2v) is 5.78. The lowest BCUT2D eigenvalue weighted by atomic mass is 10.3. The Hall–Kier alpha value is -1.21. The zero-order valence-corrected chi connectivity index (χ0v) is 14.3. The van der Waals surface area contributed by atoms with Crippen molar-refractivity contribution in [3.05, 3.63) is 35.5 Å². The summed E-state index contributed by atoms with van der Waals surface area (Å²) in [4.78, 5) is 22.7. The number of hydrogen-bond donors (Lipinski definition) is 1. The quantitative estimate of drug-likeness (QED) is 0.909. The number of hydrogen-bond acceptors (Lipinski definition) is 5. The lowest BCUT2D eigenvalue weighted by Crippen LogP contribution is -2.32. The number of rotatable bonds is 3. The number of halogens is 2. The number of thiazole rings is 1. The van der Waals surface area contributed by atoms with Crippen LogP contribution in [0.4, 0.5) is 0 Å². The zero-order chi connectivity index (χ0) is 13.9. The Morgan fingerprint density at radius 2 is 2.23 bits per heavy atom. The highest BCUT2D eigenvalue weighted by molar-refractivity contribution is 7.13. The van der Waals surface area contributed by atoms with Crippen LogP contribution in [-0.2, 0) is 11.2 Å². The monoisotopic (exact) mass is 360 g/mol. The lowest BCUT2D eigenvalue weighted by Gasteiger charge is -2.14. The molecule has 0 spiro atoms. The van der Waals surface area contributed by atoms with Crippen LogP contribution >= 0.6 is 36.2 Å². The number of carbonyl (C=O) groups is 1. The second kappa shape index (κ2) is 8.43. The molecule has 1 amide bonds. The van der Waals surface area contributed by atoms with Crippen molar-refractivity contribution in [2.45, 2.75) is 18.9 Å². The largest absolute Gasteiger partial charge is 0.341 e. The molecular weight excluding hydrogens is 343 g/mol. The van der Waals surface area contributed by atoms with Gasteiger partial charge in [0.2, 0.25) is 5.91 Å². The van der Waals surface area contributed by atoms with Gasteiger partial charge in [0.25, 0.3) is 0 Å². The van der Waals surface area contributed by atoms with E-state index in [9.17, 15) is 4.79 Å². The van der Waals surface area contributed by atoms with Gasteiger partial charge in [0.05, 0.1) is 17.8 Å². The average molecular weight is 361 g/mol. The SMILES string of the molecule is Cl.Cl.N[C@@H]1CCN(C(=O)Cc2csc(-c3ccccn3)n2)C1. The van der Waals surface area contributed by atoms with E-state index < -0.39 is 0 Å². The number of pyridine rings is 1. The molecule has 1 saturated heterocycles. The van der Waals surface area contributed by atoms with E-state index in [0.717, 1.165) is 29.4 Å². The fourth-order valence-electron chi connectivity index (χ4n) is 2.28. The lowest BCUT2D eigenvalue weighted by molar-refractivity contribution is -0.129. The van der Waals surface area contributed by atoms with Gasteiger partial charge in [-0.3, -0.25) is 9.78 Å². The normalized spacial score (nSPS) is 16.8. The van der Waals surface area contributed by atoms with Gasteiger partial charge in [-0.25, -0.2) is 4.98 Å². The molecule has 2 aromatic rings. The van der Waals surface area contributed by atoms with Gasteiger partial charge < -0.3 is 10.6 Å².